The van der Waals surface area contributed by atoms with Crippen LogP contribution in [0.15, 0.2) is 35.3 Å². The molecule has 0 saturated heterocycles. The van der Waals surface area contributed by atoms with E-state index in [2.05, 4.69) is 4.99 Å². The van der Waals surface area contributed by atoms with Gasteiger partial charge in [-0.15, -0.1) is 0 Å². The summed E-state index contributed by atoms with van der Waals surface area (Å²) in [7, 11) is 0. The lowest BCUT2D eigenvalue weighted by Gasteiger charge is -1.92. The average molecular weight is 159 g/mol. The maximum absolute atomic E-state index is 9.88. The maximum atomic E-state index is 9.88. The molecule has 0 aliphatic heterocycles. The Bertz CT molecular complexity index is 318. The summed E-state index contributed by atoms with van der Waals surface area (Å²) in [5, 5.41) is 0. The lowest BCUT2D eigenvalue weighted by Crippen LogP contribution is -1.69. The molecule has 60 valence electrons. The van der Waals surface area contributed by atoms with Crippen molar-refractivity contribution in [2.75, 3.05) is 0 Å². The summed E-state index contributed by atoms with van der Waals surface area (Å²) in [5.74, 6) is 0. The van der Waals surface area contributed by atoms with Crippen molar-refractivity contribution in [3.63, 3.8) is 0 Å². The van der Waals surface area contributed by atoms with E-state index in [1.165, 1.54) is 6.08 Å². The van der Waals surface area contributed by atoms with Crippen LogP contribution in [-0.4, -0.2) is 6.08 Å². The van der Waals surface area contributed by atoms with E-state index in [4.69, 9.17) is 0 Å². The van der Waals surface area contributed by atoms with Crippen molar-refractivity contribution in [3.05, 3.63) is 35.9 Å². The number of hydrogen-bond donors (Lipinski definition) is 0. The molecule has 0 aromatic heterocycles. The van der Waals surface area contributed by atoms with Gasteiger partial charge in [-0.25, -0.2) is 4.79 Å². The van der Waals surface area contributed by atoms with Crippen LogP contribution in [0, 0.1) is 0 Å². The molecule has 1 aromatic rings. The van der Waals surface area contributed by atoms with Crippen molar-refractivity contribution in [2.45, 2.75) is 6.92 Å². The average Bonchev–Trinajstić information content (AvgIpc) is 2.09. The molecule has 0 saturated carbocycles. The van der Waals surface area contributed by atoms with Crippen molar-refractivity contribution < 1.29 is 4.79 Å². The third-order valence-corrected chi connectivity index (χ3v) is 1.43. The van der Waals surface area contributed by atoms with Crippen molar-refractivity contribution in [3.8, 4) is 0 Å². The van der Waals surface area contributed by atoms with Gasteiger partial charge in [0.1, 0.15) is 0 Å². The fourth-order valence-electron chi connectivity index (χ4n) is 0.905. The highest BCUT2D eigenvalue weighted by Gasteiger charge is 1.87. The molecular weight excluding hydrogens is 150 g/mol. The number of aliphatic imine (C=N–C) groups is 1. The Morgan fingerprint density at radius 1 is 1.33 bits per heavy atom. The minimum atomic E-state index is 0.637. The molecule has 0 amide bonds. The fourth-order valence-corrected chi connectivity index (χ4v) is 0.905. The number of rotatable bonds is 2. The van der Waals surface area contributed by atoms with Gasteiger partial charge >= 0.3 is 0 Å². The minimum Gasteiger partial charge on any atom is -0.211 e. The lowest BCUT2D eigenvalue weighted by molar-refractivity contribution is 0.565. The van der Waals surface area contributed by atoms with Crippen LogP contribution in [-0.2, 0) is 4.79 Å². The van der Waals surface area contributed by atoms with E-state index in [0.717, 1.165) is 5.56 Å². The summed E-state index contributed by atoms with van der Waals surface area (Å²) >= 11 is 0. The molecule has 0 fully saturated rings. The molecule has 0 spiro atoms. The second kappa shape index (κ2) is 4.27. The van der Waals surface area contributed by atoms with Gasteiger partial charge in [-0.1, -0.05) is 24.3 Å². The van der Waals surface area contributed by atoms with Gasteiger partial charge in [0, 0.05) is 0 Å². The summed E-state index contributed by atoms with van der Waals surface area (Å²) in [6.45, 7) is 1.96. The summed E-state index contributed by atoms with van der Waals surface area (Å²) in [4.78, 5) is 13.4. The normalized spacial score (nSPS) is 9.75. The van der Waals surface area contributed by atoms with Gasteiger partial charge in [-0.05, 0) is 24.6 Å². The SMILES string of the molecule is CC=Cc1ccc(N=C=O)cc1. The van der Waals surface area contributed by atoms with Crippen molar-refractivity contribution in [1.82, 2.24) is 0 Å². The van der Waals surface area contributed by atoms with E-state index in [1.807, 2.05) is 31.2 Å². The number of benzene rings is 1. The smallest absolute Gasteiger partial charge is 0.211 e. The van der Waals surface area contributed by atoms with Crippen LogP contribution in [0.25, 0.3) is 6.08 Å². The first-order valence-electron chi connectivity index (χ1n) is 3.67. The molecule has 0 radical (unpaired) electrons. The highest BCUT2D eigenvalue weighted by Crippen LogP contribution is 2.12. The Balaban J connectivity index is 2.92. The van der Waals surface area contributed by atoms with Crippen LogP contribution < -0.4 is 0 Å². The summed E-state index contributed by atoms with van der Waals surface area (Å²) in [5.41, 5.74) is 1.74. The van der Waals surface area contributed by atoms with Gasteiger partial charge in [-0.3, -0.25) is 0 Å². The van der Waals surface area contributed by atoms with Crippen LogP contribution in [0.3, 0.4) is 0 Å². The molecule has 12 heavy (non-hydrogen) atoms. The zero-order valence-electron chi connectivity index (χ0n) is 6.82. The standard InChI is InChI=1S/C10H9NO/c1-2-3-9-4-6-10(7-5-9)11-8-12/h2-7H,1H3. The molecule has 1 aromatic carbocycles. The van der Waals surface area contributed by atoms with E-state index in [-0.39, 0.29) is 0 Å². The topological polar surface area (TPSA) is 29.4 Å². The van der Waals surface area contributed by atoms with Crippen LogP contribution in [0.4, 0.5) is 5.69 Å². The van der Waals surface area contributed by atoms with Gasteiger partial charge in [0.05, 0.1) is 5.69 Å². The van der Waals surface area contributed by atoms with E-state index in [0.29, 0.717) is 5.69 Å². The highest BCUT2D eigenvalue weighted by atomic mass is 16.1. The predicted octanol–water partition coefficient (Wildman–Crippen LogP) is 2.69. The molecule has 0 aliphatic carbocycles. The Kier molecular flexibility index (Phi) is 3.00. The number of hydrogen-bond acceptors (Lipinski definition) is 2. The van der Waals surface area contributed by atoms with Gasteiger partial charge in [0.15, 0.2) is 0 Å². The van der Waals surface area contributed by atoms with Crippen molar-refractivity contribution >= 4 is 17.8 Å². The number of carbonyl (C=O) groups excluding carboxylic acids is 1. The third-order valence-electron chi connectivity index (χ3n) is 1.43. The first kappa shape index (κ1) is 8.44. The van der Waals surface area contributed by atoms with Gasteiger partial charge in [0.2, 0.25) is 6.08 Å². The van der Waals surface area contributed by atoms with Gasteiger partial charge in [-0.2, -0.15) is 4.99 Å². The lowest BCUT2D eigenvalue weighted by atomic mass is 10.2. The van der Waals surface area contributed by atoms with E-state index in [9.17, 15) is 4.79 Å². The number of isocyanates is 1. The van der Waals surface area contributed by atoms with E-state index >= 15 is 0 Å². The fraction of sp³-hybridized carbons (Fsp3) is 0.100. The summed E-state index contributed by atoms with van der Waals surface area (Å²) < 4.78 is 0. The first-order chi connectivity index (χ1) is 5.86. The maximum Gasteiger partial charge on any atom is 0.240 e. The van der Waals surface area contributed by atoms with Gasteiger partial charge < -0.3 is 0 Å². The second-order valence-corrected chi connectivity index (χ2v) is 2.29. The van der Waals surface area contributed by atoms with Crippen molar-refractivity contribution in [2.24, 2.45) is 4.99 Å². The Morgan fingerprint density at radius 2 is 2.00 bits per heavy atom. The first-order valence-corrected chi connectivity index (χ1v) is 3.67. The monoisotopic (exact) mass is 159 g/mol. The Hall–Kier alpha value is -1.66. The molecule has 0 unspecified atom stereocenters. The van der Waals surface area contributed by atoms with Crippen LogP contribution in [0.5, 0.6) is 0 Å². The van der Waals surface area contributed by atoms with Gasteiger partial charge in [0.25, 0.3) is 0 Å². The number of allylic oxidation sites excluding steroid dienone is 1. The predicted molar refractivity (Wildman–Crippen MR) is 48.9 cm³/mol. The molecule has 0 aliphatic rings. The largest absolute Gasteiger partial charge is 0.240 e. The van der Waals surface area contributed by atoms with Crippen molar-refractivity contribution in [1.29, 1.82) is 0 Å². The Morgan fingerprint density at radius 3 is 2.50 bits per heavy atom. The molecule has 0 bridgehead atoms. The molecule has 0 heterocycles. The molecule has 2 heteroatoms. The van der Waals surface area contributed by atoms with Crippen LogP contribution in [0.2, 0.25) is 0 Å². The summed E-state index contributed by atoms with van der Waals surface area (Å²) in [6.07, 6.45) is 5.43. The number of nitrogens with zero attached hydrogens (tertiary/aromatic N) is 1. The van der Waals surface area contributed by atoms with Crippen LogP contribution in [0.1, 0.15) is 12.5 Å². The molecule has 2 nitrogen and oxygen atoms in total. The molecular formula is C10H9NO. The second-order valence-electron chi connectivity index (χ2n) is 2.29. The molecule has 0 atom stereocenters. The minimum absolute atomic E-state index is 0.637. The highest BCUT2D eigenvalue weighted by molar-refractivity contribution is 5.55. The summed E-state index contributed by atoms with van der Waals surface area (Å²) in [6, 6.07) is 7.35. The molecule has 1 rings (SSSR count). The Labute approximate surface area is 71.3 Å². The molecule has 0 N–H and O–H groups in total. The zero-order valence-corrected chi connectivity index (χ0v) is 6.82. The third kappa shape index (κ3) is 2.19. The van der Waals surface area contributed by atoms with Crippen LogP contribution >= 0.6 is 0 Å². The quantitative estimate of drug-likeness (QED) is 0.482. The zero-order chi connectivity index (χ0) is 8.81. The van der Waals surface area contributed by atoms with E-state index in [1.54, 1.807) is 12.1 Å². The van der Waals surface area contributed by atoms with E-state index < -0.39 is 0 Å².